The highest BCUT2D eigenvalue weighted by atomic mass is 19.3. The number of hydrogen-bond donors (Lipinski definition) is 0. The van der Waals surface area contributed by atoms with Gasteiger partial charge in [-0.05, 0) is 17.7 Å². The smallest absolute Gasteiger partial charge is 0.241 e. The Labute approximate surface area is 73.8 Å². The zero-order valence-corrected chi connectivity index (χ0v) is 6.82. The Morgan fingerprint density at radius 2 is 2.15 bits per heavy atom. The fourth-order valence-electron chi connectivity index (χ4n) is 1.26. The van der Waals surface area contributed by atoms with Crippen molar-refractivity contribution in [2.24, 2.45) is 0 Å². The number of hydrogen-bond acceptors (Lipinski definition) is 1. The second kappa shape index (κ2) is 3.12. The van der Waals surface area contributed by atoms with E-state index in [1.54, 1.807) is 29.0 Å². The molecule has 2 heterocycles. The van der Waals surface area contributed by atoms with Gasteiger partial charge in [-0.2, -0.15) is 5.10 Å². The van der Waals surface area contributed by atoms with Crippen LogP contribution in [-0.4, -0.2) is 16.0 Å². The summed E-state index contributed by atoms with van der Waals surface area (Å²) in [5.41, 5.74) is 1.52. The lowest BCUT2D eigenvalue weighted by Crippen LogP contribution is -1.98. The lowest BCUT2D eigenvalue weighted by molar-refractivity contribution is 0.149. The average Bonchev–Trinajstić information content (AvgIpc) is 2.49. The van der Waals surface area contributed by atoms with E-state index in [-0.39, 0.29) is 6.42 Å². The first-order valence-electron chi connectivity index (χ1n) is 3.96. The van der Waals surface area contributed by atoms with E-state index in [2.05, 4.69) is 5.10 Å². The normalized spacial score (nSPS) is 11.3. The predicted molar refractivity (Wildman–Crippen MR) is 44.9 cm³/mol. The highest BCUT2D eigenvalue weighted by molar-refractivity contribution is 5.45. The number of fused-ring (bicyclic) bond motifs is 1. The molecule has 0 spiro atoms. The first-order chi connectivity index (χ1) is 6.25. The molecule has 0 amide bonds. The summed E-state index contributed by atoms with van der Waals surface area (Å²) in [6, 6.07) is 5.31. The Kier molecular flexibility index (Phi) is 1.96. The monoisotopic (exact) mass is 182 g/mol. The maximum atomic E-state index is 12.0. The van der Waals surface area contributed by atoms with Crippen LogP contribution in [-0.2, 0) is 6.42 Å². The van der Waals surface area contributed by atoms with Crippen molar-refractivity contribution in [3.8, 4) is 0 Å². The van der Waals surface area contributed by atoms with Gasteiger partial charge < -0.3 is 0 Å². The fourth-order valence-corrected chi connectivity index (χ4v) is 1.26. The van der Waals surface area contributed by atoms with Crippen molar-refractivity contribution in [2.45, 2.75) is 12.8 Å². The Morgan fingerprint density at radius 3 is 2.92 bits per heavy atom. The lowest BCUT2D eigenvalue weighted by Gasteiger charge is -2.00. The van der Waals surface area contributed by atoms with Gasteiger partial charge in [-0.15, -0.1) is 0 Å². The largest absolute Gasteiger partial charge is 0.242 e. The standard InChI is InChI=1S/C9H8F2N2/c10-9(11)5-7-1-2-8-3-4-12-13(8)6-7/h1-4,6,9H,5H2. The summed E-state index contributed by atoms with van der Waals surface area (Å²) in [4.78, 5) is 0. The van der Waals surface area contributed by atoms with Crippen LogP contribution in [0.1, 0.15) is 5.56 Å². The molecule has 0 aliphatic heterocycles. The first-order valence-corrected chi connectivity index (χ1v) is 3.96. The molecule has 0 fully saturated rings. The third-order valence-corrected chi connectivity index (χ3v) is 1.85. The number of halogens is 2. The summed E-state index contributed by atoms with van der Waals surface area (Å²) in [6.07, 6.45) is 0.756. The maximum Gasteiger partial charge on any atom is 0.242 e. The molecule has 0 aromatic carbocycles. The van der Waals surface area contributed by atoms with Crippen LogP contribution in [0.2, 0.25) is 0 Å². The molecule has 2 rings (SSSR count). The molecule has 2 nitrogen and oxygen atoms in total. The van der Waals surface area contributed by atoms with Crippen molar-refractivity contribution < 1.29 is 8.78 Å². The van der Waals surface area contributed by atoms with Crippen molar-refractivity contribution >= 4 is 5.52 Å². The minimum Gasteiger partial charge on any atom is -0.241 e. The van der Waals surface area contributed by atoms with E-state index >= 15 is 0 Å². The molecule has 0 radical (unpaired) electrons. The number of pyridine rings is 1. The van der Waals surface area contributed by atoms with Crippen LogP contribution in [0, 0.1) is 0 Å². The molecule has 0 aliphatic carbocycles. The van der Waals surface area contributed by atoms with Crippen LogP contribution >= 0.6 is 0 Å². The van der Waals surface area contributed by atoms with Crippen molar-refractivity contribution in [3.63, 3.8) is 0 Å². The van der Waals surface area contributed by atoms with Gasteiger partial charge in [0.05, 0.1) is 5.52 Å². The van der Waals surface area contributed by atoms with Crippen molar-refractivity contribution in [3.05, 3.63) is 36.2 Å². The minimum absolute atomic E-state index is 0.212. The van der Waals surface area contributed by atoms with E-state index in [0.717, 1.165) is 5.52 Å². The average molecular weight is 182 g/mol. The molecule has 0 saturated carbocycles. The number of aromatic nitrogens is 2. The summed E-state index contributed by atoms with van der Waals surface area (Å²) in [5, 5.41) is 3.96. The third-order valence-electron chi connectivity index (χ3n) is 1.85. The summed E-state index contributed by atoms with van der Waals surface area (Å²) in [7, 11) is 0. The molecule has 2 aromatic rings. The van der Waals surface area contributed by atoms with Crippen LogP contribution in [0.5, 0.6) is 0 Å². The van der Waals surface area contributed by atoms with E-state index in [0.29, 0.717) is 5.56 Å². The van der Waals surface area contributed by atoms with E-state index in [4.69, 9.17) is 0 Å². The molecule has 13 heavy (non-hydrogen) atoms. The number of nitrogens with zero attached hydrogens (tertiary/aromatic N) is 2. The molecule has 0 N–H and O–H groups in total. The van der Waals surface area contributed by atoms with Gasteiger partial charge in [0.25, 0.3) is 0 Å². The van der Waals surface area contributed by atoms with Crippen LogP contribution in [0.3, 0.4) is 0 Å². The molecule has 0 atom stereocenters. The van der Waals surface area contributed by atoms with E-state index < -0.39 is 6.43 Å². The highest BCUT2D eigenvalue weighted by Gasteiger charge is 2.04. The molecule has 4 heteroatoms. The van der Waals surface area contributed by atoms with Gasteiger partial charge in [-0.25, -0.2) is 13.3 Å². The number of rotatable bonds is 2. The van der Waals surface area contributed by atoms with Crippen molar-refractivity contribution in [1.82, 2.24) is 9.61 Å². The summed E-state index contributed by atoms with van der Waals surface area (Å²) in [6.45, 7) is 0. The van der Waals surface area contributed by atoms with E-state index in [1.165, 1.54) is 0 Å². The fraction of sp³-hybridized carbons (Fsp3) is 0.222. The highest BCUT2D eigenvalue weighted by Crippen LogP contribution is 2.09. The summed E-state index contributed by atoms with van der Waals surface area (Å²) < 4.78 is 25.6. The van der Waals surface area contributed by atoms with Gasteiger partial charge in [-0.3, -0.25) is 0 Å². The van der Waals surface area contributed by atoms with Gasteiger partial charge >= 0.3 is 0 Å². The van der Waals surface area contributed by atoms with Gasteiger partial charge in [0.1, 0.15) is 0 Å². The molecule has 0 unspecified atom stereocenters. The number of alkyl halides is 2. The second-order valence-corrected chi connectivity index (χ2v) is 2.83. The van der Waals surface area contributed by atoms with Crippen LogP contribution in [0.25, 0.3) is 5.52 Å². The zero-order chi connectivity index (χ0) is 9.26. The van der Waals surface area contributed by atoms with Gasteiger partial charge in [0, 0.05) is 18.8 Å². The zero-order valence-electron chi connectivity index (χ0n) is 6.82. The van der Waals surface area contributed by atoms with Crippen LogP contribution < -0.4 is 0 Å². The molecular formula is C9H8F2N2. The lowest BCUT2D eigenvalue weighted by atomic mass is 10.2. The maximum absolute atomic E-state index is 12.0. The Morgan fingerprint density at radius 1 is 1.31 bits per heavy atom. The Balaban J connectivity index is 2.37. The van der Waals surface area contributed by atoms with Gasteiger partial charge in [0.2, 0.25) is 6.43 Å². The molecule has 0 aliphatic rings. The molecular weight excluding hydrogens is 174 g/mol. The predicted octanol–water partition coefficient (Wildman–Crippen LogP) is 2.14. The topological polar surface area (TPSA) is 17.3 Å². The second-order valence-electron chi connectivity index (χ2n) is 2.83. The van der Waals surface area contributed by atoms with Gasteiger partial charge in [-0.1, -0.05) is 6.07 Å². The Bertz CT molecular complexity index is 409. The van der Waals surface area contributed by atoms with E-state index in [1.807, 2.05) is 6.07 Å². The third kappa shape index (κ3) is 1.66. The summed E-state index contributed by atoms with van der Waals surface area (Å²) in [5.74, 6) is 0. The molecule has 2 aromatic heterocycles. The van der Waals surface area contributed by atoms with Crippen molar-refractivity contribution in [2.75, 3.05) is 0 Å². The quantitative estimate of drug-likeness (QED) is 0.695. The van der Waals surface area contributed by atoms with Crippen LogP contribution in [0.4, 0.5) is 8.78 Å². The van der Waals surface area contributed by atoms with Gasteiger partial charge in [0.15, 0.2) is 0 Å². The minimum atomic E-state index is -2.30. The summed E-state index contributed by atoms with van der Waals surface area (Å²) >= 11 is 0. The Hall–Kier alpha value is -1.45. The van der Waals surface area contributed by atoms with E-state index in [9.17, 15) is 8.78 Å². The molecule has 0 bridgehead atoms. The molecule has 0 saturated heterocycles. The molecule has 68 valence electrons. The van der Waals surface area contributed by atoms with Crippen molar-refractivity contribution in [1.29, 1.82) is 0 Å². The SMILES string of the molecule is FC(F)Cc1ccc2ccnn2c1. The first kappa shape index (κ1) is 8.16. The van der Waals surface area contributed by atoms with Crippen LogP contribution in [0.15, 0.2) is 30.6 Å².